The molecule has 9 nitrogen and oxygen atoms in total. The number of nitrogens with zero attached hydrogens (tertiary/aromatic N) is 1. The number of carbonyl (C=O) groups excluding carboxylic acids is 1. The first-order valence-corrected chi connectivity index (χ1v) is 15.6. The lowest BCUT2D eigenvalue weighted by Gasteiger charge is -2.22. The average Bonchev–Trinajstić information content (AvgIpc) is 3.21. The molecule has 2 N–H and O–H groups in total. The molecule has 1 fully saturated rings. The molecular formula is C27H28F3N3O6S2. The van der Waals surface area contributed by atoms with Gasteiger partial charge in [0.15, 0.2) is 0 Å². The Morgan fingerprint density at radius 3 is 1.98 bits per heavy atom. The first-order chi connectivity index (χ1) is 19.3. The molecular weight excluding hydrogens is 583 g/mol. The van der Waals surface area contributed by atoms with Crippen LogP contribution in [-0.2, 0) is 26.2 Å². The van der Waals surface area contributed by atoms with Gasteiger partial charge < -0.3 is 9.64 Å². The highest BCUT2D eigenvalue weighted by Crippen LogP contribution is 2.31. The van der Waals surface area contributed by atoms with Crippen molar-refractivity contribution in [2.45, 2.75) is 41.7 Å². The number of rotatable bonds is 8. The van der Waals surface area contributed by atoms with Gasteiger partial charge in [-0.1, -0.05) is 18.9 Å². The molecule has 0 spiro atoms. The van der Waals surface area contributed by atoms with Gasteiger partial charge in [-0.2, -0.15) is 13.2 Å². The van der Waals surface area contributed by atoms with Gasteiger partial charge >= 0.3 is 6.18 Å². The molecule has 14 heteroatoms. The fraction of sp³-hybridized carbons (Fsp3) is 0.296. The molecule has 4 rings (SSSR count). The summed E-state index contributed by atoms with van der Waals surface area (Å²) in [6.45, 7) is 1.13. The summed E-state index contributed by atoms with van der Waals surface area (Å²) in [5, 5.41) is 0. The van der Waals surface area contributed by atoms with Gasteiger partial charge in [0.25, 0.3) is 26.0 Å². The molecule has 0 aliphatic carbocycles. The summed E-state index contributed by atoms with van der Waals surface area (Å²) < 4.78 is 100. The lowest BCUT2D eigenvalue weighted by molar-refractivity contribution is -0.137. The number of hydrogen-bond acceptors (Lipinski definition) is 6. The zero-order chi connectivity index (χ0) is 29.8. The number of benzene rings is 3. The molecule has 220 valence electrons. The van der Waals surface area contributed by atoms with Crippen LogP contribution < -0.4 is 14.2 Å². The molecule has 0 saturated carbocycles. The third-order valence-electron chi connectivity index (χ3n) is 6.46. The molecule has 0 atom stereocenters. The zero-order valence-corrected chi connectivity index (χ0v) is 23.6. The van der Waals surface area contributed by atoms with Gasteiger partial charge in [-0.3, -0.25) is 14.2 Å². The van der Waals surface area contributed by atoms with Gasteiger partial charge in [0.05, 0.1) is 28.0 Å². The van der Waals surface area contributed by atoms with Gasteiger partial charge in [0, 0.05) is 24.5 Å². The predicted molar refractivity (Wildman–Crippen MR) is 147 cm³/mol. The van der Waals surface area contributed by atoms with E-state index in [0.29, 0.717) is 19.2 Å². The van der Waals surface area contributed by atoms with Gasteiger partial charge in [0.2, 0.25) is 0 Å². The molecule has 0 radical (unpaired) electrons. The number of likely N-dealkylation sites (tertiary alicyclic amines) is 1. The van der Waals surface area contributed by atoms with E-state index in [0.717, 1.165) is 49.9 Å². The summed E-state index contributed by atoms with van der Waals surface area (Å²) in [6, 6.07) is 12.3. The molecule has 3 aromatic rings. The van der Waals surface area contributed by atoms with Crippen molar-refractivity contribution in [1.29, 1.82) is 0 Å². The van der Waals surface area contributed by atoms with E-state index in [1.807, 2.05) is 0 Å². The summed E-state index contributed by atoms with van der Waals surface area (Å²) in [5.41, 5.74) is -1.16. The van der Waals surface area contributed by atoms with E-state index < -0.39 is 31.8 Å². The number of hydrogen-bond donors (Lipinski definition) is 2. The van der Waals surface area contributed by atoms with Crippen LogP contribution in [0.3, 0.4) is 0 Å². The first-order valence-electron chi connectivity index (χ1n) is 12.6. The SMILES string of the molecule is COc1ccc(S(=O)(=O)Nc2ccc(S(=O)(=O)Nc3cccc(C(F)(F)F)c3)cc2)cc1C(=O)N1CCCCCC1. The lowest BCUT2D eigenvalue weighted by atomic mass is 10.1. The fourth-order valence-corrected chi connectivity index (χ4v) is 6.49. The molecule has 1 aliphatic heterocycles. The maximum absolute atomic E-state index is 13.2. The predicted octanol–water partition coefficient (Wildman–Crippen LogP) is 5.33. The maximum atomic E-state index is 13.2. The Morgan fingerprint density at radius 1 is 0.780 bits per heavy atom. The first kappa shape index (κ1) is 30.2. The van der Waals surface area contributed by atoms with Crippen LogP contribution in [0.25, 0.3) is 0 Å². The Kier molecular flexibility index (Phi) is 8.83. The van der Waals surface area contributed by atoms with Crippen LogP contribution in [0.4, 0.5) is 24.5 Å². The smallest absolute Gasteiger partial charge is 0.416 e. The van der Waals surface area contributed by atoms with Crippen LogP contribution in [-0.4, -0.2) is 47.8 Å². The third kappa shape index (κ3) is 7.30. The van der Waals surface area contributed by atoms with Crippen LogP contribution in [0.2, 0.25) is 0 Å². The number of nitrogens with one attached hydrogen (secondary N) is 2. The van der Waals surface area contributed by atoms with Crippen LogP contribution in [0.1, 0.15) is 41.6 Å². The second kappa shape index (κ2) is 12.0. The maximum Gasteiger partial charge on any atom is 0.416 e. The van der Waals surface area contributed by atoms with Crippen molar-refractivity contribution in [3.05, 3.63) is 77.9 Å². The Balaban J connectivity index is 1.52. The number of sulfonamides is 2. The minimum atomic E-state index is -4.65. The van der Waals surface area contributed by atoms with Gasteiger partial charge in [-0.15, -0.1) is 0 Å². The second-order valence-electron chi connectivity index (χ2n) is 9.38. The van der Waals surface area contributed by atoms with Crippen molar-refractivity contribution in [3.8, 4) is 5.75 Å². The van der Waals surface area contributed by atoms with Crippen molar-refractivity contribution < 1.29 is 39.5 Å². The zero-order valence-electron chi connectivity index (χ0n) is 21.9. The van der Waals surface area contributed by atoms with E-state index in [1.165, 1.54) is 43.5 Å². The quantitative estimate of drug-likeness (QED) is 0.355. The highest BCUT2D eigenvalue weighted by Gasteiger charge is 2.31. The van der Waals surface area contributed by atoms with E-state index >= 15 is 0 Å². The molecule has 3 aromatic carbocycles. The summed E-state index contributed by atoms with van der Waals surface area (Å²) in [5.74, 6) is -0.0929. The standard InChI is InChI=1S/C27H28F3N3O6S2/c1-39-25-14-13-23(18-24(25)26(34)33-15-4-2-3-5-16-33)41(37,38)31-20-9-11-22(12-10-20)40(35,36)32-21-8-6-7-19(17-21)27(28,29)30/h6-14,17-18,31-32H,2-5,15-16H2,1H3. The van der Waals surface area contributed by atoms with E-state index in [1.54, 1.807) is 4.90 Å². The number of amides is 1. The largest absolute Gasteiger partial charge is 0.496 e. The van der Waals surface area contributed by atoms with Crippen LogP contribution in [0, 0.1) is 0 Å². The van der Waals surface area contributed by atoms with Gasteiger partial charge in [-0.05, 0) is 73.5 Å². The average molecular weight is 612 g/mol. The van der Waals surface area contributed by atoms with Gasteiger partial charge in [-0.25, -0.2) is 16.8 Å². The normalized spacial score (nSPS) is 14.7. The second-order valence-corrected chi connectivity index (χ2v) is 12.7. The molecule has 0 bridgehead atoms. The lowest BCUT2D eigenvalue weighted by Crippen LogP contribution is -2.32. The summed E-state index contributed by atoms with van der Waals surface area (Å²) in [7, 11) is -7.08. The molecule has 0 unspecified atom stereocenters. The van der Waals surface area contributed by atoms with Crippen molar-refractivity contribution in [2.24, 2.45) is 0 Å². The van der Waals surface area contributed by atoms with Gasteiger partial charge in [0.1, 0.15) is 5.75 Å². The topological polar surface area (TPSA) is 122 Å². The number of halogens is 3. The number of ether oxygens (including phenoxy) is 1. The van der Waals surface area contributed by atoms with E-state index in [-0.39, 0.29) is 38.4 Å². The third-order valence-corrected chi connectivity index (χ3v) is 9.24. The van der Waals surface area contributed by atoms with Crippen LogP contribution >= 0.6 is 0 Å². The Morgan fingerprint density at radius 2 is 1.37 bits per heavy atom. The summed E-state index contributed by atoms with van der Waals surface area (Å²) in [6.07, 6.45) is -0.907. The van der Waals surface area contributed by atoms with E-state index in [4.69, 9.17) is 4.74 Å². The summed E-state index contributed by atoms with van der Waals surface area (Å²) >= 11 is 0. The number of anilines is 2. The summed E-state index contributed by atoms with van der Waals surface area (Å²) in [4.78, 5) is 14.4. The fourth-order valence-electron chi connectivity index (χ4n) is 4.35. The van der Waals surface area contributed by atoms with E-state index in [9.17, 15) is 34.8 Å². The molecule has 1 heterocycles. The monoisotopic (exact) mass is 611 g/mol. The number of carbonyl (C=O) groups is 1. The molecule has 41 heavy (non-hydrogen) atoms. The van der Waals surface area contributed by atoms with Crippen LogP contribution in [0.5, 0.6) is 5.75 Å². The molecule has 1 saturated heterocycles. The Bertz CT molecular complexity index is 1620. The minimum absolute atomic E-state index is 0.0271. The minimum Gasteiger partial charge on any atom is -0.496 e. The Hall–Kier alpha value is -3.78. The highest BCUT2D eigenvalue weighted by atomic mass is 32.2. The van der Waals surface area contributed by atoms with E-state index in [2.05, 4.69) is 9.44 Å². The van der Waals surface area contributed by atoms with Crippen molar-refractivity contribution in [2.75, 3.05) is 29.6 Å². The molecule has 0 aromatic heterocycles. The van der Waals surface area contributed by atoms with Crippen molar-refractivity contribution in [1.82, 2.24) is 4.90 Å². The van der Waals surface area contributed by atoms with Crippen LogP contribution in [0.15, 0.2) is 76.5 Å². The number of methoxy groups -OCH3 is 1. The molecule has 1 amide bonds. The van der Waals surface area contributed by atoms with Crippen molar-refractivity contribution in [3.63, 3.8) is 0 Å². The Labute approximate surface area is 236 Å². The highest BCUT2D eigenvalue weighted by molar-refractivity contribution is 7.93. The number of alkyl halides is 3. The molecule has 1 aliphatic rings. The van der Waals surface area contributed by atoms with Crippen molar-refractivity contribution >= 4 is 37.3 Å².